The molecule has 1 aromatic carbocycles. The van der Waals surface area contributed by atoms with Crippen molar-refractivity contribution >= 4 is 11.6 Å². The normalized spacial score (nSPS) is 12.7. The lowest BCUT2D eigenvalue weighted by Gasteiger charge is -2.15. The van der Waals surface area contributed by atoms with Crippen LogP contribution in [-0.4, -0.2) is 0 Å². The van der Waals surface area contributed by atoms with E-state index in [2.05, 4.69) is 5.43 Å². The second kappa shape index (κ2) is 4.65. The monoisotopic (exact) mass is 240 g/mol. The molecular formula is C11H10ClFN2O. The van der Waals surface area contributed by atoms with Crippen molar-refractivity contribution in [3.8, 4) is 0 Å². The molecule has 0 aliphatic heterocycles. The van der Waals surface area contributed by atoms with Crippen molar-refractivity contribution in [1.29, 1.82) is 0 Å². The number of hydrogen-bond donors (Lipinski definition) is 2. The van der Waals surface area contributed by atoms with Crippen LogP contribution in [0.4, 0.5) is 4.39 Å². The number of furan rings is 1. The van der Waals surface area contributed by atoms with Gasteiger partial charge in [0, 0.05) is 16.1 Å². The molecule has 3 nitrogen and oxygen atoms in total. The van der Waals surface area contributed by atoms with Crippen molar-refractivity contribution in [2.24, 2.45) is 5.84 Å². The van der Waals surface area contributed by atoms with Gasteiger partial charge in [0.2, 0.25) is 0 Å². The Kier molecular flexibility index (Phi) is 3.24. The Balaban J connectivity index is 2.41. The Labute approximate surface area is 97.0 Å². The lowest BCUT2D eigenvalue weighted by Crippen LogP contribution is -2.29. The van der Waals surface area contributed by atoms with Crippen molar-refractivity contribution in [2.45, 2.75) is 6.04 Å². The van der Waals surface area contributed by atoms with Crippen LogP contribution in [0, 0.1) is 5.82 Å². The van der Waals surface area contributed by atoms with Crippen molar-refractivity contribution in [3.63, 3.8) is 0 Å². The molecule has 0 radical (unpaired) electrons. The summed E-state index contributed by atoms with van der Waals surface area (Å²) in [5.41, 5.74) is 3.72. The molecule has 1 unspecified atom stereocenters. The summed E-state index contributed by atoms with van der Waals surface area (Å²) in [6.45, 7) is 0. The number of nitrogens with two attached hydrogens (primary N) is 1. The molecule has 1 heterocycles. The van der Waals surface area contributed by atoms with Gasteiger partial charge in [-0.15, -0.1) is 0 Å². The van der Waals surface area contributed by atoms with E-state index in [0.29, 0.717) is 10.6 Å². The van der Waals surface area contributed by atoms with Crippen LogP contribution in [0.1, 0.15) is 17.2 Å². The zero-order chi connectivity index (χ0) is 11.5. The molecule has 84 valence electrons. The van der Waals surface area contributed by atoms with E-state index < -0.39 is 11.9 Å². The summed E-state index contributed by atoms with van der Waals surface area (Å²) < 4.78 is 18.6. The van der Waals surface area contributed by atoms with Crippen molar-refractivity contribution in [2.75, 3.05) is 0 Å². The first-order valence-electron chi connectivity index (χ1n) is 4.65. The van der Waals surface area contributed by atoms with E-state index in [1.807, 2.05) is 0 Å². The van der Waals surface area contributed by atoms with Gasteiger partial charge in [0.05, 0.1) is 18.6 Å². The van der Waals surface area contributed by atoms with Crippen LogP contribution in [0.5, 0.6) is 0 Å². The van der Waals surface area contributed by atoms with Crippen LogP contribution in [0.25, 0.3) is 0 Å². The van der Waals surface area contributed by atoms with Gasteiger partial charge in [-0.05, 0) is 18.2 Å². The quantitative estimate of drug-likeness (QED) is 0.641. The van der Waals surface area contributed by atoms with E-state index in [0.717, 1.165) is 5.56 Å². The Morgan fingerprint density at radius 1 is 1.38 bits per heavy atom. The fourth-order valence-electron chi connectivity index (χ4n) is 1.54. The summed E-state index contributed by atoms with van der Waals surface area (Å²) in [5.74, 6) is 5.01. The van der Waals surface area contributed by atoms with Gasteiger partial charge >= 0.3 is 0 Å². The highest BCUT2D eigenvalue weighted by Gasteiger charge is 2.17. The zero-order valence-electron chi connectivity index (χ0n) is 8.28. The molecule has 2 rings (SSSR count). The van der Waals surface area contributed by atoms with Crippen molar-refractivity contribution in [3.05, 3.63) is 58.8 Å². The number of rotatable bonds is 3. The van der Waals surface area contributed by atoms with Gasteiger partial charge in [0.15, 0.2) is 0 Å². The fourth-order valence-corrected chi connectivity index (χ4v) is 1.70. The Hall–Kier alpha value is -1.36. The molecule has 0 fully saturated rings. The second-order valence-corrected chi connectivity index (χ2v) is 3.76. The van der Waals surface area contributed by atoms with E-state index >= 15 is 0 Å². The number of halogens is 2. The van der Waals surface area contributed by atoms with Gasteiger partial charge in [0.25, 0.3) is 0 Å². The third kappa shape index (κ3) is 2.09. The van der Waals surface area contributed by atoms with E-state index in [9.17, 15) is 4.39 Å². The molecule has 0 spiro atoms. The van der Waals surface area contributed by atoms with Gasteiger partial charge in [-0.3, -0.25) is 5.84 Å². The van der Waals surface area contributed by atoms with E-state index in [1.54, 1.807) is 18.2 Å². The average molecular weight is 241 g/mol. The third-order valence-electron chi connectivity index (χ3n) is 2.32. The molecule has 1 atom stereocenters. The SMILES string of the molecule is NNC(c1ccoc1)c1ccc(Cl)cc1F. The molecular weight excluding hydrogens is 231 g/mol. The summed E-state index contributed by atoms with van der Waals surface area (Å²) in [4.78, 5) is 0. The first-order valence-corrected chi connectivity index (χ1v) is 5.03. The molecule has 0 saturated carbocycles. The lowest BCUT2D eigenvalue weighted by atomic mass is 10.0. The molecule has 2 aromatic rings. The van der Waals surface area contributed by atoms with Crippen LogP contribution >= 0.6 is 11.6 Å². The number of nitrogens with one attached hydrogen (secondary N) is 1. The maximum Gasteiger partial charge on any atom is 0.129 e. The summed E-state index contributed by atoms with van der Waals surface area (Å²) in [6.07, 6.45) is 3.02. The first-order chi connectivity index (χ1) is 7.72. The molecule has 5 heteroatoms. The second-order valence-electron chi connectivity index (χ2n) is 3.32. The number of benzene rings is 1. The molecule has 1 aromatic heterocycles. The molecule has 0 saturated heterocycles. The first kappa shape index (κ1) is 11.1. The topological polar surface area (TPSA) is 51.2 Å². The third-order valence-corrected chi connectivity index (χ3v) is 2.55. The van der Waals surface area contributed by atoms with Crippen molar-refractivity contribution in [1.82, 2.24) is 5.43 Å². The lowest BCUT2D eigenvalue weighted by molar-refractivity contribution is 0.539. The van der Waals surface area contributed by atoms with Crippen LogP contribution in [0.3, 0.4) is 0 Å². The highest BCUT2D eigenvalue weighted by Crippen LogP contribution is 2.25. The molecule has 3 N–H and O–H groups in total. The minimum Gasteiger partial charge on any atom is -0.472 e. The standard InChI is InChI=1S/C11H10ClFN2O/c12-8-1-2-9(10(13)5-8)11(15-14)7-3-4-16-6-7/h1-6,11,15H,14H2. The maximum absolute atomic E-state index is 13.7. The van der Waals surface area contributed by atoms with Gasteiger partial charge < -0.3 is 4.42 Å². The highest BCUT2D eigenvalue weighted by molar-refractivity contribution is 6.30. The van der Waals surface area contributed by atoms with E-state index in [1.165, 1.54) is 18.6 Å². The largest absolute Gasteiger partial charge is 0.472 e. The van der Waals surface area contributed by atoms with Gasteiger partial charge in [-0.2, -0.15) is 0 Å². The minimum absolute atomic E-state index is 0.351. The summed E-state index contributed by atoms with van der Waals surface area (Å²) in [6, 6.07) is 5.73. The molecule has 0 bridgehead atoms. The molecule has 0 aliphatic carbocycles. The predicted octanol–water partition coefficient (Wildman–Crippen LogP) is 2.62. The number of hydrogen-bond acceptors (Lipinski definition) is 3. The Morgan fingerprint density at radius 3 is 2.75 bits per heavy atom. The zero-order valence-corrected chi connectivity index (χ0v) is 9.04. The smallest absolute Gasteiger partial charge is 0.129 e. The Bertz CT molecular complexity index is 473. The average Bonchev–Trinajstić information content (AvgIpc) is 2.75. The molecule has 16 heavy (non-hydrogen) atoms. The van der Waals surface area contributed by atoms with Gasteiger partial charge in [-0.25, -0.2) is 9.82 Å². The number of hydrazine groups is 1. The fraction of sp³-hybridized carbons (Fsp3) is 0.0909. The summed E-state index contributed by atoms with van der Waals surface area (Å²) in [7, 11) is 0. The van der Waals surface area contributed by atoms with E-state index in [-0.39, 0.29) is 0 Å². The van der Waals surface area contributed by atoms with Gasteiger partial charge in [-0.1, -0.05) is 17.7 Å². The van der Waals surface area contributed by atoms with Crippen LogP contribution in [0.15, 0.2) is 41.2 Å². The molecule has 0 amide bonds. The summed E-state index contributed by atoms with van der Waals surface area (Å²) >= 11 is 5.68. The van der Waals surface area contributed by atoms with Crippen LogP contribution < -0.4 is 11.3 Å². The van der Waals surface area contributed by atoms with Crippen molar-refractivity contribution < 1.29 is 8.81 Å². The van der Waals surface area contributed by atoms with E-state index in [4.69, 9.17) is 21.9 Å². The van der Waals surface area contributed by atoms with Gasteiger partial charge in [0.1, 0.15) is 5.82 Å². The van der Waals surface area contributed by atoms with Crippen LogP contribution in [0.2, 0.25) is 5.02 Å². The maximum atomic E-state index is 13.7. The predicted molar refractivity (Wildman–Crippen MR) is 59.3 cm³/mol. The molecule has 0 aliphatic rings. The Morgan fingerprint density at radius 2 is 2.19 bits per heavy atom. The summed E-state index contributed by atoms with van der Waals surface area (Å²) in [5, 5.41) is 0.351. The highest BCUT2D eigenvalue weighted by atomic mass is 35.5. The minimum atomic E-state index is -0.448. The van der Waals surface area contributed by atoms with Crippen LogP contribution in [-0.2, 0) is 0 Å².